The van der Waals surface area contributed by atoms with E-state index >= 15 is 0 Å². The van der Waals surface area contributed by atoms with Crippen molar-refractivity contribution in [2.24, 2.45) is 18.4 Å². The molecule has 59 heavy (non-hydrogen) atoms. The van der Waals surface area contributed by atoms with E-state index in [9.17, 15) is 22.8 Å². The third-order valence-corrected chi connectivity index (χ3v) is 14.4. The van der Waals surface area contributed by atoms with Gasteiger partial charge in [-0.1, -0.05) is 57.8 Å². The number of aromatic nitrogens is 4. The molecular formula is C41H47ClN8O7S2. The van der Waals surface area contributed by atoms with E-state index in [2.05, 4.69) is 20.3 Å². The molecule has 3 N–H and O–H groups in total. The molecule has 0 unspecified atom stereocenters. The van der Waals surface area contributed by atoms with Crippen LogP contribution in [0.1, 0.15) is 59.8 Å². The SMILES string of the molecule is CC[C@@H]1C[C@]1(NC(=O)[C@@H]1C[C@@H](Oc2ncc(OC)c3ccc(Cl)cc23)CN1C(=O)[C@@H](Nc1nc(-c2nc3ccccc3n2C)cs1)C(C)(C)C)C(=O)NS(=O)(=O)C1CC1. The maximum absolute atomic E-state index is 15.0. The number of hydrogen-bond acceptors (Lipinski definition) is 12. The van der Waals surface area contributed by atoms with Gasteiger partial charge in [-0.15, -0.1) is 11.3 Å². The number of methoxy groups -OCH3 is 1. The molecule has 2 aliphatic carbocycles. The van der Waals surface area contributed by atoms with Crippen LogP contribution in [-0.4, -0.2) is 93.2 Å². The van der Waals surface area contributed by atoms with Gasteiger partial charge in [0, 0.05) is 34.6 Å². The smallest absolute Gasteiger partial charge is 0.259 e. The summed E-state index contributed by atoms with van der Waals surface area (Å²) in [6.45, 7) is 7.67. The van der Waals surface area contributed by atoms with Crippen LogP contribution in [0, 0.1) is 11.3 Å². The molecule has 0 bridgehead atoms. The van der Waals surface area contributed by atoms with Gasteiger partial charge >= 0.3 is 0 Å². The Bertz CT molecular complexity index is 2590. The molecule has 5 aromatic rings. The van der Waals surface area contributed by atoms with Gasteiger partial charge in [0.2, 0.25) is 27.7 Å². The summed E-state index contributed by atoms with van der Waals surface area (Å²) in [5, 5.41) is 9.83. The predicted molar refractivity (Wildman–Crippen MR) is 226 cm³/mol. The Morgan fingerprint density at radius 3 is 2.54 bits per heavy atom. The van der Waals surface area contributed by atoms with Crippen LogP contribution in [0.25, 0.3) is 33.3 Å². The number of rotatable bonds is 13. The van der Waals surface area contributed by atoms with Crippen LogP contribution in [0.15, 0.2) is 54.0 Å². The van der Waals surface area contributed by atoms with E-state index in [1.54, 1.807) is 31.5 Å². The number of aryl methyl sites for hydroxylation is 1. The van der Waals surface area contributed by atoms with E-state index in [1.165, 1.54) is 16.2 Å². The van der Waals surface area contributed by atoms with Crippen LogP contribution in [-0.2, 0) is 31.5 Å². The zero-order chi connectivity index (χ0) is 42.0. The van der Waals surface area contributed by atoms with Gasteiger partial charge < -0.3 is 29.6 Å². The van der Waals surface area contributed by atoms with Gasteiger partial charge in [-0.2, -0.15) is 0 Å². The number of para-hydroxylation sites is 2. The van der Waals surface area contributed by atoms with E-state index in [0.717, 1.165) is 11.0 Å². The summed E-state index contributed by atoms with van der Waals surface area (Å²) >= 11 is 7.74. The second-order valence-corrected chi connectivity index (χ2v) is 20.0. The molecule has 1 saturated heterocycles. The number of halogens is 1. The maximum Gasteiger partial charge on any atom is 0.259 e. The molecule has 8 rings (SSSR count). The molecule has 3 fully saturated rings. The number of likely N-dealkylation sites (tertiary alicyclic amines) is 1. The zero-order valence-corrected chi connectivity index (χ0v) is 36.0. The molecule has 4 heterocycles. The van der Waals surface area contributed by atoms with Gasteiger partial charge in [-0.05, 0) is 60.9 Å². The topological polar surface area (TPSA) is 187 Å². The summed E-state index contributed by atoms with van der Waals surface area (Å²) in [5.41, 5.74) is 0.342. The molecule has 5 atom stereocenters. The van der Waals surface area contributed by atoms with Gasteiger partial charge in [-0.3, -0.25) is 19.1 Å². The molecule has 2 aromatic carbocycles. The van der Waals surface area contributed by atoms with Gasteiger partial charge in [0.15, 0.2) is 11.0 Å². The number of fused-ring (bicyclic) bond motifs is 2. The Balaban J connectivity index is 1.10. The molecule has 1 aliphatic heterocycles. The number of amides is 3. The minimum atomic E-state index is -3.87. The van der Waals surface area contributed by atoms with Crippen LogP contribution >= 0.6 is 22.9 Å². The first-order valence-electron chi connectivity index (χ1n) is 19.6. The van der Waals surface area contributed by atoms with E-state index in [0.29, 0.717) is 57.5 Å². The van der Waals surface area contributed by atoms with Gasteiger partial charge in [0.05, 0.1) is 36.1 Å². The number of nitrogens with zero attached hydrogens (tertiary/aromatic N) is 5. The average molecular weight is 863 g/mol. The van der Waals surface area contributed by atoms with Crippen molar-refractivity contribution in [3.63, 3.8) is 0 Å². The van der Waals surface area contributed by atoms with Crippen molar-refractivity contribution in [2.75, 3.05) is 19.0 Å². The third kappa shape index (κ3) is 7.79. The number of sulfonamides is 1. The Labute approximate surface area is 351 Å². The number of ether oxygens (including phenoxy) is 2. The minimum absolute atomic E-state index is 0.0103. The Morgan fingerprint density at radius 2 is 1.86 bits per heavy atom. The highest BCUT2D eigenvalue weighted by atomic mass is 35.5. The second-order valence-electron chi connectivity index (χ2n) is 16.7. The summed E-state index contributed by atoms with van der Waals surface area (Å²) in [7, 11) is -0.402. The maximum atomic E-state index is 15.0. The number of carbonyl (C=O) groups is 3. The fourth-order valence-electron chi connectivity index (χ4n) is 8.00. The first-order valence-corrected chi connectivity index (χ1v) is 22.4. The average Bonchev–Trinajstić information content (AvgIpc) is 4.05. The van der Waals surface area contributed by atoms with E-state index in [4.69, 9.17) is 31.0 Å². The Hall–Kier alpha value is -5.00. The van der Waals surface area contributed by atoms with Crippen molar-refractivity contribution in [1.82, 2.24) is 34.5 Å². The number of imidazole rings is 1. The molecule has 3 amide bonds. The van der Waals surface area contributed by atoms with Crippen molar-refractivity contribution >= 4 is 77.6 Å². The highest BCUT2D eigenvalue weighted by Crippen LogP contribution is 2.47. The summed E-state index contributed by atoms with van der Waals surface area (Å²) in [5.74, 6) is -0.547. The van der Waals surface area contributed by atoms with Crippen LogP contribution in [0.3, 0.4) is 0 Å². The number of benzene rings is 2. The summed E-state index contributed by atoms with van der Waals surface area (Å²) in [6.07, 6.45) is 2.67. The number of anilines is 1. The first kappa shape index (κ1) is 40.8. The lowest BCUT2D eigenvalue weighted by Gasteiger charge is -2.35. The van der Waals surface area contributed by atoms with Crippen LogP contribution in [0.2, 0.25) is 5.02 Å². The highest BCUT2D eigenvalue weighted by molar-refractivity contribution is 7.91. The van der Waals surface area contributed by atoms with E-state index in [1.807, 2.05) is 69.0 Å². The van der Waals surface area contributed by atoms with Crippen LogP contribution < -0.4 is 24.8 Å². The fraction of sp³-hybridized carbons (Fsp3) is 0.463. The largest absolute Gasteiger partial charge is 0.494 e. The first-order chi connectivity index (χ1) is 28.0. The summed E-state index contributed by atoms with van der Waals surface area (Å²) in [6, 6.07) is 11.1. The van der Waals surface area contributed by atoms with Crippen LogP contribution in [0.5, 0.6) is 11.6 Å². The molecule has 312 valence electrons. The predicted octanol–water partition coefficient (Wildman–Crippen LogP) is 5.68. The zero-order valence-electron chi connectivity index (χ0n) is 33.6. The number of hydrogen-bond donors (Lipinski definition) is 3. The number of carbonyl (C=O) groups excluding carboxylic acids is 3. The molecule has 0 spiro atoms. The van der Waals surface area contributed by atoms with Crippen molar-refractivity contribution in [3.8, 4) is 23.1 Å². The molecule has 2 saturated carbocycles. The molecular weight excluding hydrogens is 816 g/mol. The van der Waals surface area contributed by atoms with Gasteiger partial charge in [0.1, 0.15) is 35.2 Å². The Morgan fingerprint density at radius 1 is 1.10 bits per heavy atom. The summed E-state index contributed by atoms with van der Waals surface area (Å²) < 4.78 is 41.9. The van der Waals surface area contributed by atoms with Crippen molar-refractivity contribution in [1.29, 1.82) is 0 Å². The molecule has 3 aliphatic rings. The Kier molecular flexibility index (Phi) is 10.5. The molecule has 18 heteroatoms. The molecule has 0 radical (unpaired) electrons. The second kappa shape index (κ2) is 15.2. The third-order valence-electron chi connectivity index (χ3n) is 11.6. The number of nitrogens with one attached hydrogen (secondary N) is 3. The normalized spacial score (nSPS) is 22.3. The monoisotopic (exact) mass is 862 g/mol. The highest BCUT2D eigenvalue weighted by Gasteiger charge is 2.62. The fourth-order valence-corrected chi connectivity index (χ4v) is 10.3. The summed E-state index contributed by atoms with van der Waals surface area (Å²) in [4.78, 5) is 58.8. The van der Waals surface area contributed by atoms with E-state index in [-0.39, 0.29) is 37.1 Å². The van der Waals surface area contributed by atoms with E-state index < -0.39 is 56.2 Å². The van der Waals surface area contributed by atoms with Crippen molar-refractivity contribution in [2.45, 2.75) is 88.8 Å². The number of thiazole rings is 1. The van der Waals surface area contributed by atoms with Crippen molar-refractivity contribution < 1.29 is 32.3 Å². The van der Waals surface area contributed by atoms with Crippen molar-refractivity contribution in [3.05, 3.63) is 59.1 Å². The lowest BCUT2D eigenvalue weighted by atomic mass is 9.85. The number of pyridine rings is 1. The standard InChI is InChI=1S/C41H47ClN8O7S2/c1-7-22-18-41(22,38(53)48-59(54,55)25-13-14-25)47-35(51)31-17-24(57-36-27-16-23(42)12-15-26(27)32(56-6)19-43-36)20-50(31)37(52)33(40(2,3)4)46-39-45-29(21-58-39)34-44-28-10-8-9-11-30(28)49(34)5/h8-12,15-16,19,21-22,24-25,31,33H,7,13-14,17-18,20H2,1-6H3,(H,45,46)(H,47,51)(H,48,53)/t22-,24-,31+,33-,41-/m1/s1. The molecule has 3 aromatic heterocycles. The minimum Gasteiger partial charge on any atom is -0.494 e. The molecule has 15 nitrogen and oxygen atoms in total. The quantitative estimate of drug-likeness (QED) is 0.132. The lowest BCUT2D eigenvalue weighted by molar-refractivity contribution is -0.141. The van der Waals surface area contributed by atoms with Crippen LogP contribution in [0.4, 0.5) is 5.13 Å². The van der Waals surface area contributed by atoms with Gasteiger partial charge in [-0.25, -0.2) is 23.4 Å². The lowest BCUT2D eigenvalue weighted by Crippen LogP contribution is -2.58. The van der Waals surface area contributed by atoms with Gasteiger partial charge in [0.25, 0.3) is 5.91 Å².